The molecular formula is C4H9In. The molecule has 0 aromatic rings. The van der Waals surface area contributed by atoms with Crippen molar-refractivity contribution in [3.8, 4) is 0 Å². The molecule has 0 bridgehead atoms. The van der Waals surface area contributed by atoms with E-state index in [0.717, 1.165) is 0 Å². The SMILES string of the molecule is CCC[CH2][In]. The second-order valence-electron chi connectivity index (χ2n) is 1.14. The monoisotopic (exact) mass is 172 g/mol. The number of rotatable bonds is 2. The zero-order valence-corrected chi connectivity index (χ0v) is 6.99. The van der Waals surface area contributed by atoms with Crippen LogP contribution in [0.15, 0.2) is 0 Å². The van der Waals surface area contributed by atoms with Crippen LogP contribution < -0.4 is 0 Å². The summed E-state index contributed by atoms with van der Waals surface area (Å²) in [7, 11) is 0. The van der Waals surface area contributed by atoms with Crippen LogP contribution >= 0.6 is 0 Å². The molecule has 0 aliphatic rings. The van der Waals surface area contributed by atoms with Gasteiger partial charge in [-0.1, -0.05) is 0 Å². The summed E-state index contributed by atoms with van der Waals surface area (Å²) in [4.78, 5) is 0. The van der Waals surface area contributed by atoms with Crippen molar-refractivity contribution >= 4 is 24.4 Å². The summed E-state index contributed by atoms with van der Waals surface area (Å²) in [5.74, 6) is 0. The molecule has 5 heavy (non-hydrogen) atoms. The molecule has 0 aromatic carbocycles. The zero-order chi connectivity index (χ0) is 4.12. The molecular weight excluding hydrogens is 163 g/mol. The van der Waals surface area contributed by atoms with Crippen molar-refractivity contribution in [2.24, 2.45) is 0 Å². The first kappa shape index (κ1) is 5.87. The van der Waals surface area contributed by atoms with Gasteiger partial charge < -0.3 is 0 Å². The molecule has 0 spiro atoms. The van der Waals surface area contributed by atoms with Crippen molar-refractivity contribution in [3.05, 3.63) is 0 Å². The van der Waals surface area contributed by atoms with E-state index in [9.17, 15) is 0 Å². The fourth-order valence-corrected chi connectivity index (χ4v) is 1.37. The standard InChI is InChI=1S/C4H9.In/c1-3-4-2;/h1,3-4H2,2H3;. The van der Waals surface area contributed by atoms with Crippen molar-refractivity contribution in [3.63, 3.8) is 0 Å². The number of hydrogen-bond donors (Lipinski definition) is 0. The van der Waals surface area contributed by atoms with Crippen LogP contribution in [0.2, 0.25) is 4.18 Å². The summed E-state index contributed by atoms with van der Waals surface area (Å²) in [5, 5.41) is 0. The van der Waals surface area contributed by atoms with Gasteiger partial charge in [-0.15, -0.1) is 0 Å². The summed E-state index contributed by atoms with van der Waals surface area (Å²) in [5.41, 5.74) is 0. The molecule has 0 fully saturated rings. The van der Waals surface area contributed by atoms with E-state index in [0.29, 0.717) is 0 Å². The molecule has 0 heterocycles. The van der Waals surface area contributed by atoms with Gasteiger partial charge in [-0.25, -0.2) is 0 Å². The van der Waals surface area contributed by atoms with Crippen LogP contribution in [0, 0.1) is 0 Å². The van der Waals surface area contributed by atoms with Crippen molar-refractivity contribution in [2.75, 3.05) is 0 Å². The number of hydrogen-bond acceptors (Lipinski definition) is 0. The summed E-state index contributed by atoms with van der Waals surface area (Å²) in [6.07, 6.45) is 2.82. The van der Waals surface area contributed by atoms with Gasteiger partial charge in [0.15, 0.2) is 0 Å². The zero-order valence-electron chi connectivity index (χ0n) is 3.70. The molecule has 0 aliphatic carbocycles. The van der Waals surface area contributed by atoms with E-state index in [2.05, 4.69) is 6.92 Å². The van der Waals surface area contributed by atoms with E-state index >= 15 is 0 Å². The van der Waals surface area contributed by atoms with Crippen LogP contribution in [0.3, 0.4) is 0 Å². The Hall–Kier alpha value is 0.870. The van der Waals surface area contributed by atoms with Gasteiger partial charge in [0.1, 0.15) is 0 Å². The van der Waals surface area contributed by atoms with Gasteiger partial charge in [0.25, 0.3) is 0 Å². The van der Waals surface area contributed by atoms with E-state index in [4.69, 9.17) is 0 Å². The fourth-order valence-electron chi connectivity index (χ4n) is 0.204. The third kappa shape index (κ3) is 4.87. The molecule has 0 nitrogen and oxygen atoms in total. The molecule has 0 saturated carbocycles. The van der Waals surface area contributed by atoms with Gasteiger partial charge in [0, 0.05) is 0 Å². The number of unbranched alkanes of at least 4 members (excludes halogenated alkanes) is 1. The first-order valence-corrected chi connectivity index (χ1v) is 4.45. The van der Waals surface area contributed by atoms with Gasteiger partial charge in [-0.2, -0.15) is 0 Å². The Labute approximate surface area is 48.5 Å². The second kappa shape index (κ2) is 4.87. The molecule has 28 valence electrons. The summed E-state index contributed by atoms with van der Waals surface area (Å²) in [6.45, 7) is 2.23. The van der Waals surface area contributed by atoms with Gasteiger partial charge in [-0.05, 0) is 0 Å². The summed E-state index contributed by atoms with van der Waals surface area (Å²) in [6, 6.07) is 0. The van der Waals surface area contributed by atoms with Crippen LogP contribution in [-0.4, -0.2) is 24.4 Å². The average Bonchev–Trinajstić information content (AvgIpc) is 1.41. The maximum absolute atomic E-state index is 2.23. The van der Waals surface area contributed by atoms with Crippen LogP contribution in [-0.2, 0) is 0 Å². The molecule has 0 saturated heterocycles. The Morgan fingerprint density at radius 1 is 1.60 bits per heavy atom. The Morgan fingerprint density at radius 2 is 2.20 bits per heavy atom. The fraction of sp³-hybridized carbons (Fsp3) is 1.00. The first-order valence-electron chi connectivity index (χ1n) is 2.12. The van der Waals surface area contributed by atoms with E-state index < -0.39 is 0 Å². The molecule has 0 aliphatic heterocycles. The van der Waals surface area contributed by atoms with Crippen molar-refractivity contribution in [2.45, 2.75) is 23.9 Å². The Balaban J connectivity index is 2.19. The van der Waals surface area contributed by atoms with Crippen LogP contribution in [0.1, 0.15) is 19.8 Å². The van der Waals surface area contributed by atoms with Gasteiger partial charge in [0.2, 0.25) is 0 Å². The quantitative estimate of drug-likeness (QED) is 0.589. The molecule has 2 radical (unpaired) electrons. The predicted molar refractivity (Wildman–Crippen MR) is 25.5 cm³/mol. The van der Waals surface area contributed by atoms with Crippen molar-refractivity contribution < 1.29 is 0 Å². The molecule has 0 amide bonds. The van der Waals surface area contributed by atoms with Crippen molar-refractivity contribution in [1.29, 1.82) is 0 Å². The van der Waals surface area contributed by atoms with E-state index in [-0.39, 0.29) is 0 Å². The predicted octanol–water partition coefficient (Wildman–Crippen LogP) is 1.37. The van der Waals surface area contributed by atoms with Gasteiger partial charge >= 0.3 is 48.3 Å². The van der Waals surface area contributed by atoms with E-state index in [1.165, 1.54) is 41.4 Å². The molecule has 0 aromatic heterocycles. The minimum absolute atomic E-state index is 1.38. The van der Waals surface area contributed by atoms with E-state index in [1.54, 1.807) is 0 Å². The van der Waals surface area contributed by atoms with Crippen LogP contribution in [0.5, 0.6) is 0 Å². The summed E-state index contributed by atoms with van der Waals surface area (Å²) >= 11 is 1.45. The topological polar surface area (TPSA) is 0 Å². The Bertz CT molecular complexity index is 11.1. The molecule has 0 rings (SSSR count). The Kier molecular flexibility index (Phi) is 5.72. The van der Waals surface area contributed by atoms with Crippen molar-refractivity contribution in [1.82, 2.24) is 0 Å². The minimum atomic E-state index is 1.38. The third-order valence-electron chi connectivity index (χ3n) is 0.558. The van der Waals surface area contributed by atoms with Gasteiger partial charge in [0.05, 0.1) is 0 Å². The molecule has 0 unspecified atom stereocenters. The maximum atomic E-state index is 2.23. The normalized spacial score (nSPS) is 8.20. The summed E-state index contributed by atoms with van der Waals surface area (Å²) < 4.78 is 1.47. The molecule has 0 atom stereocenters. The second-order valence-corrected chi connectivity index (χ2v) is 2.79. The van der Waals surface area contributed by atoms with Crippen LogP contribution in [0.4, 0.5) is 0 Å². The van der Waals surface area contributed by atoms with Gasteiger partial charge in [-0.3, -0.25) is 0 Å². The third-order valence-corrected chi connectivity index (χ3v) is 1.72. The molecule has 0 N–H and O–H groups in total. The van der Waals surface area contributed by atoms with E-state index in [1.807, 2.05) is 0 Å². The Morgan fingerprint density at radius 3 is 2.20 bits per heavy atom. The molecule has 1 heteroatoms. The first-order chi connectivity index (χ1) is 2.41. The average molecular weight is 172 g/mol. The van der Waals surface area contributed by atoms with Crippen LogP contribution in [0.25, 0.3) is 0 Å².